The lowest BCUT2D eigenvalue weighted by molar-refractivity contribution is 0.435. The third kappa shape index (κ3) is 3.21. The molecule has 0 aliphatic carbocycles. The first-order valence-electron chi connectivity index (χ1n) is 7.42. The Morgan fingerprint density at radius 2 is 1.59 bits per heavy atom. The molecule has 0 bridgehead atoms. The summed E-state index contributed by atoms with van der Waals surface area (Å²) < 4.78 is 27.7. The Bertz CT molecular complexity index is 721. The highest BCUT2D eigenvalue weighted by molar-refractivity contribution is 7.99. The van der Waals surface area contributed by atoms with E-state index in [2.05, 4.69) is 0 Å². The van der Waals surface area contributed by atoms with Crippen LogP contribution < -0.4 is 0 Å². The lowest BCUT2D eigenvalue weighted by Crippen LogP contribution is -2.33. The van der Waals surface area contributed by atoms with Gasteiger partial charge in [-0.15, -0.1) is 0 Å². The summed E-state index contributed by atoms with van der Waals surface area (Å²) in [6.07, 6.45) is 0.914. The minimum absolute atomic E-state index is 0.410. The third-order valence-electron chi connectivity index (χ3n) is 3.77. The van der Waals surface area contributed by atoms with Gasteiger partial charge in [0.1, 0.15) is 0 Å². The molecule has 0 N–H and O–H groups in total. The number of benzene rings is 2. The van der Waals surface area contributed by atoms with Gasteiger partial charge in [0, 0.05) is 24.4 Å². The van der Waals surface area contributed by atoms with Gasteiger partial charge in [-0.25, -0.2) is 8.42 Å². The maximum atomic E-state index is 13.1. The zero-order valence-corrected chi connectivity index (χ0v) is 13.9. The minimum atomic E-state index is -3.44. The highest BCUT2D eigenvalue weighted by Crippen LogP contribution is 2.30. The molecule has 0 radical (unpaired) electrons. The van der Waals surface area contributed by atoms with Crippen molar-refractivity contribution in [3.05, 3.63) is 54.6 Å². The fourth-order valence-corrected chi connectivity index (χ4v) is 5.35. The lowest BCUT2D eigenvalue weighted by atomic mass is 10.1. The molecule has 0 unspecified atom stereocenters. The molecule has 3 nitrogen and oxygen atoms in total. The molecule has 0 atom stereocenters. The van der Waals surface area contributed by atoms with Gasteiger partial charge in [0.2, 0.25) is 10.0 Å². The Morgan fingerprint density at radius 1 is 0.864 bits per heavy atom. The SMILES string of the molecule is O=S(=O)(c1ccccc1-c1ccccc1)N1CCCSCC1. The largest absolute Gasteiger partial charge is 0.243 e. The Hall–Kier alpha value is -1.30. The van der Waals surface area contributed by atoms with Crippen molar-refractivity contribution in [3.63, 3.8) is 0 Å². The van der Waals surface area contributed by atoms with E-state index in [1.165, 1.54) is 0 Å². The predicted octanol–water partition coefficient (Wildman–Crippen LogP) is 3.48. The molecular weight excluding hydrogens is 314 g/mol. The number of rotatable bonds is 3. The topological polar surface area (TPSA) is 37.4 Å². The van der Waals surface area contributed by atoms with E-state index in [1.807, 2.05) is 54.2 Å². The van der Waals surface area contributed by atoms with Crippen LogP contribution in [0.5, 0.6) is 0 Å². The normalized spacial score (nSPS) is 17.1. The molecule has 0 aromatic heterocycles. The van der Waals surface area contributed by atoms with Crippen LogP contribution >= 0.6 is 11.8 Å². The first-order chi connectivity index (χ1) is 10.7. The Morgan fingerprint density at radius 3 is 2.41 bits per heavy atom. The number of sulfonamides is 1. The molecule has 0 amide bonds. The van der Waals surface area contributed by atoms with E-state index < -0.39 is 10.0 Å². The fourth-order valence-electron chi connectivity index (χ4n) is 2.65. The van der Waals surface area contributed by atoms with Gasteiger partial charge in [-0.05, 0) is 23.8 Å². The first-order valence-corrected chi connectivity index (χ1v) is 10.0. The van der Waals surface area contributed by atoms with Crippen LogP contribution in [0.4, 0.5) is 0 Å². The van der Waals surface area contributed by atoms with Gasteiger partial charge in [-0.1, -0.05) is 48.5 Å². The van der Waals surface area contributed by atoms with Crippen LogP contribution in [0.25, 0.3) is 11.1 Å². The van der Waals surface area contributed by atoms with Crippen molar-refractivity contribution in [1.82, 2.24) is 4.31 Å². The highest BCUT2D eigenvalue weighted by atomic mass is 32.2. The lowest BCUT2D eigenvalue weighted by Gasteiger charge is -2.21. The van der Waals surface area contributed by atoms with Crippen LogP contribution in [0, 0.1) is 0 Å². The standard InChI is InChI=1S/C17H19NO2S2/c19-22(20,18-11-6-13-21-14-12-18)17-10-5-4-9-16(17)15-7-2-1-3-8-15/h1-5,7-10H,6,11-14H2. The van der Waals surface area contributed by atoms with Gasteiger partial charge in [0.05, 0.1) is 4.90 Å². The Balaban J connectivity index is 2.04. The molecule has 1 aliphatic heterocycles. The number of nitrogens with zero attached hydrogens (tertiary/aromatic N) is 1. The van der Waals surface area contributed by atoms with Gasteiger partial charge >= 0.3 is 0 Å². The molecule has 5 heteroatoms. The van der Waals surface area contributed by atoms with Crippen LogP contribution in [0.1, 0.15) is 6.42 Å². The number of hydrogen-bond donors (Lipinski definition) is 0. The molecule has 1 fully saturated rings. The van der Waals surface area contributed by atoms with E-state index in [0.29, 0.717) is 18.0 Å². The first kappa shape index (κ1) is 15.6. The summed E-state index contributed by atoms with van der Waals surface area (Å²) in [5.74, 6) is 1.90. The molecule has 0 saturated carbocycles. The molecule has 3 rings (SSSR count). The predicted molar refractivity (Wildman–Crippen MR) is 92.6 cm³/mol. The summed E-state index contributed by atoms with van der Waals surface area (Å²) in [5, 5.41) is 0. The van der Waals surface area contributed by atoms with E-state index in [4.69, 9.17) is 0 Å². The second-order valence-electron chi connectivity index (χ2n) is 5.23. The molecule has 116 valence electrons. The molecule has 2 aromatic carbocycles. The number of thioether (sulfide) groups is 1. The zero-order valence-electron chi connectivity index (χ0n) is 12.3. The van der Waals surface area contributed by atoms with Crippen molar-refractivity contribution in [1.29, 1.82) is 0 Å². The summed E-state index contributed by atoms with van der Waals surface area (Å²) in [6.45, 7) is 1.20. The molecule has 1 heterocycles. The van der Waals surface area contributed by atoms with Gasteiger partial charge in [0.15, 0.2) is 0 Å². The van der Waals surface area contributed by atoms with Crippen LogP contribution in [-0.4, -0.2) is 37.3 Å². The van der Waals surface area contributed by atoms with Crippen molar-refractivity contribution in [2.75, 3.05) is 24.6 Å². The molecule has 0 spiro atoms. The van der Waals surface area contributed by atoms with E-state index in [1.54, 1.807) is 16.4 Å². The van der Waals surface area contributed by atoms with Gasteiger partial charge in [0.25, 0.3) is 0 Å². The van der Waals surface area contributed by atoms with Crippen molar-refractivity contribution in [2.24, 2.45) is 0 Å². The fraction of sp³-hybridized carbons (Fsp3) is 0.294. The van der Waals surface area contributed by atoms with E-state index >= 15 is 0 Å². The second kappa shape index (κ2) is 6.86. The van der Waals surface area contributed by atoms with Gasteiger partial charge in [-0.2, -0.15) is 16.1 Å². The maximum Gasteiger partial charge on any atom is 0.243 e. The second-order valence-corrected chi connectivity index (χ2v) is 8.36. The maximum absolute atomic E-state index is 13.1. The van der Waals surface area contributed by atoms with Crippen molar-refractivity contribution >= 4 is 21.8 Å². The highest BCUT2D eigenvalue weighted by Gasteiger charge is 2.27. The van der Waals surface area contributed by atoms with Crippen molar-refractivity contribution in [2.45, 2.75) is 11.3 Å². The van der Waals surface area contributed by atoms with Crippen molar-refractivity contribution < 1.29 is 8.42 Å². The molecule has 2 aromatic rings. The molecule has 1 saturated heterocycles. The summed E-state index contributed by atoms with van der Waals surface area (Å²) >= 11 is 1.83. The quantitative estimate of drug-likeness (QED) is 0.863. The Labute approximate surface area is 136 Å². The van der Waals surface area contributed by atoms with Crippen LogP contribution in [-0.2, 0) is 10.0 Å². The number of hydrogen-bond acceptors (Lipinski definition) is 3. The van der Waals surface area contributed by atoms with Gasteiger partial charge < -0.3 is 0 Å². The van der Waals surface area contributed by atoms with Crippen molar-refractivity contribution in [3.8, 4) is 11.1 Å². The average Bonchev–Trinajstić information content (AvgIpc) is 2.85. The molecular formula is C17H19NO2S2. The summed E-state index contributed by atoms with van der Waals surface area (Å²) in [7, 11) is -3.44. The van der Waals surface area contributed by atoms with Gasteiger partial charge in [-0.3, -0.25) is 0 Å². The average molecular weight is 333 g/mol. The van der Waals surface area contributed by atoms with E-state index in [-0.39, 0.29) is 0 Å². The minimum Gasteiger partial charge on any atom is -0.207 e. The Kier molecular flexibility index (Phi) is 4.86. The van der Waals surface area contributed by atoms with Crippen LogP contribution in [0.15, 0.2) is 59.5 Å². The summed E-state index contributed by atoms with van der Waals surface area (Å²) in [5.41, 5.74) is 1.71. The third-order valence-corrected chi connectivity index (χ3v) is 6.78. The van der Waals surface area contributed by atoms with E-state index in [0.717, 1.165) is 29.1 Å². The van der Waals surface area contributed by atoms with Crippen LogP contribution in [0.2, 0.25) is 0 Å². The molecule has 22 heavy (non-hydrogen) atoms. The summed E-state index contributed by atoms with van der Waals surface area (Å²) in [6, 6.07) is 17.0. The monoisotopic (exact) mass is 333 g/mol. The summed E-state index contributed by atoms with van der Waals surface area (Å²) in [4.78, 5) is 0.410. The van der Waals surface area contributed by atoms with E-state index in [9.17, 15) is 8.42 Å². The zero-order chi connectivity index (χ0) is 15.4. The molecule has 1 aliphatic rings. The van der Waals surface area contributed by atoms with Crippen LogP contribution in [0.3, 0.4) is 0 Å². The smallest absolute Gasteiger partial charge is 0.207 e.